The molecule has 3 aromatic rings. The van der Waals surface area contributed by atoms with Crippen molar-refractivity contribution in [3.8, 4) is 11.5 Å². The van der Waals surface area contributed by atoms with Crippen LogP contribution >= 0.6 is 0 Å². The van der Waals surface area contributed by atoms with Gasteiger partial charge >= 0.3 is 0 Å². The molecule has 1 heterocycles. The standard InChI is InChI=1S/C26H28N2O3/c1-26(2,21-14-15-22-23(16-21)31-18-30-22)27-17-24(29)28(3)25(19-10-6-4-7-11-19)20-12-8-5-9-13-20/h4-16,25,27H,17-18H2,1-3H3. The summed E-state index contributed by atoms with van der Waals surface area (Å²) in [5.41, 5.74) is 2.79. The summed E-state index contributed by atoms with van der Waals surface area (Å²) in [4.78, 5) is 15.0. The number of ether oxygens (including phenoxy) is 2. The highest BCUT2D eigenvalue weighted by atomic mass is 16.7. The molecule has 1 amide bonds. The largest absolute Gasteiger partial charge is 0.454 e. The lowest BCUT2D eigenvalue weighted by molar-refractivity contribution is -0.130. The second-order valence-electron chi connectivity index (χ2n) is 8.28. The van der Waals surface area contributed by atoms with Crippen LogP contribution in [0.4, 0.5) is 0 Å². The van der Waals surface area contributed by atoms with Gasteiger partial charge in [0.05, 0.1) is 12.6 Å². The molecule has 1 N–H and O–H groups in total. The van der Waals surface area contributed by atoms with Crippen LogP contribution in [-0.4, -0.2) is 31.2 Å². The summed E-state index contributed by atoms with van der Waals surface area (Å²) in [6.07, 6.45) is 0. The van der Waals surface area contributed by atoms with Crippen molar-refractivity contribution < 1.29 is 14.3 Å². The van der Waals surface area contributed by atoms with Gasteiger partial charge in [0.25, 0.3) is 0 Å². The molecule has 0 bridgehead atoms. The van der Waals surface area contributed by atoms with Crippen molar-refractivity contribution in [2.24, 2.45) is 0 Å². The Morgan fingerprint density at radius 3 is 2.13 bits per heavy atom. The van der Waals surface area contributed by atoms with E-state index in [9.17, 15) is 4.79 Å². The van der Waals surface area contributed by atoms with Crippen molar-refractivity contribution in [1.82, 2.24) is 10.2 Å². The first-order valence-electron chi connectivity index (χ1n) is 10.5. The van der Waals surface area contributed by atoms with Crippen LogP contribution in [0.25, 0.3) is 0 Å². The summed E-state index contributed by atoms with van der Waals surface area (Å²) in [5.74, 6) is 1.51. The van der Waals surface area contributed by atoms with Crippen LogP contribution in [0, 0.1) is 0 Å². The van der Waals surface area contributed by atoms with Crippen LogP contribution in [0.3, 0.4) is 0 Å². The van der Waals surface area contributed by atoms with E-state index in [0.717, 1.165) is 28.2 Å². The van der Waals surface area contributed by atoms with Gasteiger partial charge in [-0.1, -0.05) is 66.7 Å². The van der Waals surface area contributed by atoms with Gasteiger partial charge in [0.2, 0.25) is 12.7 Å². The number of benzene rings is 3. The van der Waals surface area contributed by atoms with Crippen molar-refractivity contribution in [3.05, 3.63) is 95.6 Å². The summed E-state index contributed by atoms with van der Waals surface area (Å²) in [7, 11) is 1.86. The van der Waals surface area contributed by atoms with Gasteiger partial charge in [0.15, 0.2) is 11.5 Å². The summed E-state index contributed by atoms with van der Waals surface area (Å²) in [6.45, 7) is 4.58. The van der Waals surface area contributed by atoms with Crippen molar-refractivity contribution in [3.63, 3.8) is 0 Å². The molecule has 0 aliphatic carbocycles. The van der Waals surface area contributed by atoms with E-state index in [1.165, 1.54) is 0 Å². The minimum atomic E-state index is -0.410. The Hall–Kier alpha value is -3.31. The van der Waals surface area contributed by atoms with Gasteiger partial charge in [0.1, 0.15) is 0 Å². The molecule has 0 saturated heterocycles. The van der Waals surface area contributed by atoms with Crippen molar-refractivity contribution in [2.75, 3.05) is 20.4 Å². The lowest BCUT2D eigenvalue weighted by Gasteiger charge is -2.32. The Morgan fingerprint density at radius 2 is 1.52 bits per heavy atom. The zero-order chi connectivity index (χ0) is 21.8. The Labute approximate surface area is 183 Å². The number of nitrogens with one attached hydrogen (secondary N) is 1. The van der Waals surface area contributed by atoms with E-state index in [-0.39, 0.29) is 25.3 Å². The van der Waals surface area contributed by atoms with Crippen LogP contribution in [-0.2, 0) is 10.3 Å². The fourth-order valence-electron chi connectivity index (χ4n) is 3.86. The van der Waals surface area contributed by atoms with Crippen molar-refractivity contribution in [2.45, 2.75) is 25.4 Å². The van der Waals surface area contributed by atoms with Crippen LogP contribution < -0.4 is 14.8 Å². The van der Waals surface area contributed by atoms with Gasteiger partial charge in [-0.2, -0.15) is 0 Å². The van der Waals surface area contributed by atoms with Crippen LogP contribution in [0.2, 0.25) is 0 Å². The second-order valence-corrected chi connectivity index (χ2v) is 8.28. The summed E-state index contributed by atoms with van der Waals surface area (Å²) in [5, 5.41) is 3.42. The topological polar surface area (TPSA) is 50.8 Å². The maximum absolute atomic E-state index is 13.2. The van der Waals surface area contributed by atoms with Crippen LogP contribution in [0.1, 0.15) is 36.6 Å². The monoisotopic (exact) mass is 416 g/mol. The van der Waals surface area contributed by atoms with Gasteiger partial charge in [-0.25, -0.2) is 0 Å². The smallest absolute Gasteiger partial charge is 0.237 e. The molecule has 3 aromatic carbocycles. The molecule has 5 heteroatoms. The predicted molar refractivity (Wildman–Crippen MR) is 121 cm³/mol. The van der Waals surface area contributed by atoms with E-state index >= 15 is 0 Å². The zero-order valence-electron chi connectivity index (χ0n) is 18.2. The minimum absolute atomic E-state index is 0.0199. The second kappa shape index (κ2) is 8.82. The van der Waals surface area contributed by atoms with E-state index in [1.807, 2.05) is 66.5 Å². The Morgan fingerprint density at radius 1 is 0.935 bits per heavy atom. The van der Waals surface area contributed by atoms with E-state index < -0.39 is 5.54 Å². The molecule has 0 spiro atoms. The van der Waals surface area contributed by atoms with Gasteiger partial charge in [-0.05, 0) is 42.7 Å². The number of carbonyl (C=O) groups is 1. The van der Waals surface area contributed by atoms with E-state index in [2.05, 4.69) is 43.4 Å². The summed E-state index contributed by atoms with van der Waals surface area (Å²) >= 11 is 0. The van der Waals surface area contributed by atoms with Gasteiger partial charge in [-0.3, -0.25) is 10.1 Å². The number of carbonyl (C=O) groups excluding carboxylic acids is 1. The fraction of sp³-hybridized carbons (Fsp3) is 0.269. The van der Waals surface area contributed by atoms with Gasteiger partial charge in [0, 0.05) is 12.6 Å². The minimum Gasteiger partial charge on any atom is -0.454 e. The highest BCUT2D eigenvalue weighted by Gasteiger charge is 2.27. The number of rotatable bonds is 7. The number of fused-ring (bicyclic) bond motifs is 1. The Bertz CT molecular complexity index is 996. The van der Waals surface area contributed by atoms with Gasteiger partial charge < -0.3 is 14.4 Å². The highest BCUT2D eigenvalue weighted by Crippen LogP contribution is 2.35. The van der Waals surface area contributed by atoms with Crippen LogP contribution in [0.5, 0.6) is 11.5 Å². The first kappa shape index (κ1) is 20.9. The molecule has 4 rings (SSSR count). The van der Waals surface area contributed by atoms with E-state index in [4.69, 9.17) is 9.47 Å². The third kappa shape index (κ3) is 4.57. The molecule has 5 nitrogen and oxygen atoms in total. The molecule has 0 radical (unpaired) electrons. The fourth-order valence-corrected chi connectivity index (χ4v) is 3.86. The number of amides is 1. The number of hydrogen-bond donors (Lipinski definition) is 1. The molecule has 160 valence electrons. The number of hydrogen-bond acceptors (Lipinski definition) is 4. The lowest BCUT2D eigenvalue weighted by atomic mass is 9.93. The molecule has 0 fully saturated rings. The lowest BCUT2D eigenvalue weighted by Crippen LogP contribution is -2.45. The molecule has 31 heavy (non-hydrogen) atoms. The molecule has 0 saturated carbocycles. The summed E-state index contributed by atoms with van der Waals surface area (Å²) < 4.78 is 10.9. The maximum atomic E-state index is 13.2. The SMILES string of the molecule is CN(C(=O)CNC(C)(C)c1ccc2c(c1)OCO2)C(c1ccccc1)c1ccccc1. The molecule has 1 aliphatic rings. The average Bonchev–Trinajstić information content (AvgIpc) is 3.27. The third-order valence-electron chi connectivity index (χ3n) is 5.79. The first-order chi connectivity index (χ1) is 15.0. The molecular weight excluding hydrogens is 388 g/mol. The predicted octanol–water partition coefficient (Wildman–Crippen LogP) is 4.49. The number of nitrogens with zero attached hydrogens (tertiary/aromatic N) is 1. The average molecular weight is 417 g/mol. The quantitative estimate of drug-likeness (QED) is 0.617. The maximum Gasteiger partial charge on any atom is 0.237 e. The van der Waals surface area contributed by atoms with Crippen molar-refractivity contribution >= 4 is 5.91 Å². The number of likely N-dealkylation sites (N-methyl/N-ethyl adjacent to an activating group) is 1. The van der Waals surface area contributed by atoms with Crippen molar-refractivity contribution in [1.29, 1.82) is 0 Å². The Balaban J connectivity index is 1.50. The molecule has 1 aliphatic heterocycles. The highest BCUT2D eigenvalue weighted by molar-refractivity contribution is 5.79. The van der Waals surface area contributed by atoms with E-state index in [1.54, 1.807) is 0 Å². The normalized spacial score (nSPS) is 12.8. The Kier molecular flexibility index (Phi) is 5.96. The zero-order valence-corrected chi connectivity index (χ0v) is 18.2. The first-order valence-corrected chi connectivity index (χ1v) is 10.5. The van der Waals surface area contributed by atoms with Gasteiger partial charge in [-0.15, -0.1) is 0 Å². The van der Waals surface area contributed by atoms with E-state index in [0.29, 0.717) is 0 Å². The van der Waals surface area contributed by atoms with Crippen LogP contribution in [0.15, 0.2) is 78.9 Å². The molecule has 0 atom stereocenters. The molecule has 0 aromatic heterocycles. The summed E-state index contributed by atoms with van der Waals surface area (Å²) in [6, 6.07) is 26.0. The third-order valence-corrected chi connectivity index (χ3v) is 5.79. The molecule has 0 unspecified atom stereocenters. The molecular formula is C26H28N2O3.